The standard InChI is InChI=1S/C6H13N.C4H7F2N/c7-6-4-2-1-3-5-6;5-4(6)3-1-7-2-3/h6H,1-5,7H2;3-4,7H,1-2H2. The number of rotatable bonds is 1. The van der Waals surface area contributed by atoms with Crippen LogP contribution in [0.3, 0.4) is 0 Å². The van der Waals surface area contributed by atoms with Crippen molar-refractivity contribution in [3.63, 3.8) is 0 Å². The molecule has 2 fully saturated rings. The lowest BCUT2D eigenvalue weighted by atomic mass is 9.97. The summed E-state index contributed by atoms with van der Waals surface area (Å²) in [6, 6.07) is 0.536. The third-order valence-corrected chi connectivity index (χ3v) is 2.82. The van der Waals surface area contributed by atoms with E-state index in [4.69, 9.17) is 5.73 Å². The van der Waals surface area contributed by atoms with Gasteiger partial charge in [0, 0.05) is 25.0 Å². The molecule has 0 spiro atoms. The average Bonchev–Trinajstić information content (AvgIpc) is 2.02. The van der Waals surface area contributed by atoms with E-state index >= 15 is 0 Å². The van der Waals surface area contributed by atoms with Crippen LogP contribution in [0, 0.1) is 5.92 Å². The van der Waals surface area contributed by atoms with Gasteiger partial charge in [0.1, 0.15) is 0 Å². The van der Waals surface area contributed by atoms with Crippen molar-refractivity contribution in [3.05, 3.63) is 0 Å². The molecule has 2 rings (SSSR count). The fraction of sp³-hybridized carbons (Fsp3) is 1.00. The Hall–Kier alpha value is -0.220. The maximum atomic E-state index is 11.4. The number of halogens is 2. The molecule has 0 radical (unpaired) electrons. The molecule has 4 heteroatoms. The lowest BCUT2D eigenvalue weighted by molar-refractivity contribution is 0.0485. The molecule has 1 aliphatic heterocycles. The minimum atomic E-state index is -2.11. The highest BCUT2D eigenvalue weighted by molar-refractivity contribution is 4.75. The fourth-order valence-electron chi connectivity index (χ4n) is 1.62. The van der Waals surface area contributed by atoms with Crippen molar-refractivity contribution in [1.82, 2.24) is 5.32 Å². The molecule has 84 valence electrons. The van der Waals surface area contributed by atoms with E-state index in [0.29, 0.717) is 19.1 Å². The third-order valence-electron chi connectivity index (χ3n) is 2.82. The van der Waals surface area contributed by atoms with Crippen molar-refractivity contribution in [2.45, 2.75) is 44.6 Å². The van der Waals surface area contributed by atoms with Crippen LogP contribution in [0.1, 0.15) is 32.1 Å². The Morgan fingerprint density at radius 3 is 1.79 bits per heavy atom. The zero-order valence-corrected chi connectivity index (χ0v) is 8.52. The SMILES string of the molecule is FC(F)C1CNC1.NC1CCCCC1. The summed E-state index contributed by atoms with van der Waals surface area (Å²) in [5.41, 5.74) is 5.63. The first-order valence-corrected chi connectivity index (χ1v) is 5.44. The molecule has 0 unspecified atom stereocenters. The number of hydrogen-bond donors (Lipinski definition) is 2. The van der Waals surface area contributed by atoms with E-state index in [1.807, 2.05) is 0 Å². The second-order valence-electron chi connectivity index (χ2n) is 4.15. The summed E-state index contributed by atoms with van der Waals surface area (Å²) in [7, 11) is 0. The summed E-state index contributed by atoms with van der Waals surface area (Å²) in [6.07, 6.45) is 4.55. The van der Waals surface area contributed by atoms with Crippen LogP contribution in [0.15, 0.2) is 0 Å². The van der Waals surface area contributed by atoms with Crippen molar-refractivity contribution < 1.29 is 8.78 Å². The van der Waals surface area contributed by atoms with Gasteiger partial charge in [0.15, 0.2) is 0 Å². The molecule has 1 saturated heterocycles. The van der Waals surface area contributed by atoms with E-state index in [2.05, 4.69) is 5.32 Å². The van der Waals surface area contributed by atoms with Crippen molar-refractivity contribution in [3.8, 4) is 0 Å². The van der Waals surface area contributed by atoms with Gasteiger partial charge in [-0.05, 0) is 12.8 Å². The van der Waals surface area contributed by atoms with Gasteiger partial charge in [0.2, 0.25) is 6.43 Å². The molecular weight excluding hydrogens is 186 g/mol. The number of nitrogens with two attached hydrogens (primary N) is 1. The molecule has 14 heavy (non-hydrogen) atoms. The van der Waals surface area contributed by atoms with Gasteiger partial charge in [0.05, 0.1) is 0 Å². The van der Waals surface area contributed by atoms with E-state index in [0.717, 1.165) is 0 Å². The molecule has 3 N–H and O–H groups in total. The highest BCUT2D eigenvalue weighted by Gasteiger charge is 2.25. The Morgan fingerprint density at radius 2 is 1.64 bits per heavy atom. The predicted octanol–water partition coefficient (Wildman–Crippen LogP) is 1.75. The number of nitrogens with one attached hydrogen (secondary N) is 1. The normalized spacial score (nSPS) is 24.0. The fourth-order valence-corrected chi connectivity index (χ4v) is 1.62. The Bertz CT molecular complexity index is 143. The molecule has 0 atom stereocenters. The molecular formula is C10H20F2N2. The summed E-state index contributed by atoms with van der Waals surface area (Å²) in [5.74, 6) is -0.361. The quantitative estimate of drug-likeness (QED) is 0.686. The highest BCUT2D eigenvalue weighted by Crippen LogP contribution is 2.14. The molecule has 1 saturated carbocycles. The predicted molar refractivity (Wildman–Crippen MR) is 53.4 cm³/mol. The lowest BCUT2D eigenvalue weighted by Crippen LogP contribution is -2.45. The summed E-state index contributed by atoms with van der Waals surface area (Å²) >= 11 is 0. The van der Waals surface area contributed by atoms with Crippen molar-refractivity contribution in [2.24, 2.45) is 11.7 Å². The van der Waals surface area contributed by atoms with E-state index in [1.54, 1.807) is 0 Å². The topological polar surface area (TPSA) is 38.0 Å². The minimum absolute atomic E-state index is 0.361. The van der Waals surface area contributed by atoms with Crippen LogP contribution in [0.5, 0.6) is 0 Å². The second kappa shape index (κ2) is 6.30. The average molecular weight is 206 g/mol. The van der Waals surface area contributed by atoms with Gasteiger partial charge in [-0.2, -0.15) is 0 Å². The molecule has 1 heterocycles. The van der Waals surface area contributed by atoms with Crippen LogP contribution >= 0.6 is 0 Å². The van der Waals surface area contributed by atoms with E-state index < -0.39 is 6.43 Å². The molecule has 0 aromatic heterocycles. The number of alkyl halides is 2. The van der Waals surface area contributed by atoms with E-state index in [1.165, 1.54) is 32.1 Å². The van der Waals surface area contributed by atoms with E-state index in [9.17, 15) is 8.78 Å². The maximum Gasteiger partial charge on any atom is 0.243 e. The summed E-state index contributed by atoms with van der Waals surface area (Å²) < 4.78 is 22.9. The summed E-state index contributed by atoms with van der Waals surface area (Å²) in [4.78, 5) is 0. The Morgan fingerprint density at radius 1 is 1.07 bits per heavy atom. The van der Waals surface area contributed by atoms with Crippen LogP contribution in [-0.2, 0) is 0 Å². The van der Waals surface area contributed by atoms with Crippen LogP contribution in [0.2, 0.25) is 0 Å². The largest absolute Gasteiger partial charge is 0.328 e. The zero-order chi connectivity index (χ0) is 10.4. The first kappa shape index (κ1) is 11.9. The van der Waals surface area contributed by atoms with Gasteiger partial charge in [-0.3, -0.25) is 0 Å². The minimum Gasteiger partial charge on any atom is -0.328 e. The van der Waals surface area contributed by atoms with Crippen molar-refractivity contribution in [2.75, 3.05) is 13.1 Å². The van der Waals surface area contributed by atoms with Crippen LogP contribution in [-0.4, -0.2) is 25.6 Å². The zero-order valence-electron chi connectivity index (χ0n) is 8.52. The molecule has 2 aliphatic rings. The van der Waals surface area contributed by atoms with Crippen LogP contribution in [0.25, 0.3) is 0 Å². The molecule has 2 nitrogen and oxygen atoms in total. The number of hydrogen-bond acceptors (Lipinski definition) is 2. The first-order valence-electron chi connectivity index (χ1n) is 5.44. The van der Waals surface area contributed by atoms with Gasteiger partial charge in [-0.15, -0.1) is 0 Å². The Labute approximate surface area is 84.2 Å². The summed E-state index contributed by atoms with van der Waals surface area (Å²) in [6.45, 7) is 0.995. The summed E-state index contributed by atoms with van der Waals surface area (Å²) in [5, 5.41) is 2.76. The maximum absolute atomic E-state index is 11.4. The van der Waals surface area contributed by atoms with Crippen LogP contribution in [0.4, 0.5) is 8.78 Å². The molecule has 1 aliphatic carbocycles. The third kappa shape index (κ3) is 4.33. The van der Waals surface area contributed by atoms with Crippen molar-refractivity contribution in [1.29, 1.82) is 0 Å². The highest BCUT2D eigenvalue weighted by atomic mass is 19.3. The smallest absolute Gasteiger partial charge is 0.243 e. The first-order chi connectivity index (χ1) is 6.70. The van der Waals surface area contributed by atoms with Gasteiger partial charge in [-0.1, -0.05) is 19.3 Å². The van der Waals surface area contributed by atoms with E-state index in [-0.39, 0.29) is 5.92 Å². The molecule has 0 aromatic rings. The molecule has 0 bridgehead atoms. The van der Waals surface area contributed by atoms with Crippen molar-refractivity contribution >= 4 is 0 Å². The molecule has 0 amide bonds. The van der Waals surface area contributed by atoms with Crippen LogP contribution < -0.4 is 11.1 Å². The lowest BCUT2D eigenvalue weighted by Gasteiger charge is -2.25. The Kier molecular flexibility index (Phi) is 5.33. The second-order valence-corrected chi connectivity index (χ2v) is 4.15. The van der Waals surface area contributed by atoms with Gasteiger partial charge in [-0.25, -0.2) is 8.78 Å². The Balaban J connectivity index is 0.000000140. The van der Waals surface area contributed by atoms with Gasteiger partial charge >= 0.3 is 0 Å². The monoisotopic (exact) mass is 206 g/mol. The van der Waals surface area contributed by atoms with Gasteiger partial charge < -0.3 is 11.1 Å². The molecule has 0 aromatic carbocycles. The van der Waals surface area contributed by atoms with Gasteiger partial charge in [0.25, 0.3) is 0 Å².